The van der Waals surface area contributed by atoms with Gasteiger partial charge in [-0.15, -0.1) is 0 Å². The lowest BCUT2D eigenvalue weighted by Gasteiger charge is -2.29. The Morgan fingerprint density at radius 2 is 1.58 bits per heavy atom. The van der Waals surface area contributed by atoms with Crippen molar-refractivity contribution in [3.8, 4) is 23.0 Å². The van der Waals surface area contributed by atoms with E-state index in [2.05, 4.69) is 6.92 Å². The maximum atomic E-state index is 14.2. The topological polar surface area (TPSA) is 9.23 Å². The molecule has 33 heavy (non-hydrogen) atoms. The Labute approximate surface area is 192 Å². The average molecular weight is 465 g/mol. The van der Waals surface area contributed by atoms with E-state index in [1.807, 2.05) is 12.1 Å². The van der Waals surface area contributed by atoms with E-state index >= 15 is 0 Å². The molecule has 1 fully saturated rings. The average Bonchev–Trinajstić information content (AvgIpc) is 2.78. The fourth-order valence-corrected chi connectivity index (χ4v) is 4.21. The first-order valence-corrected chi connectivity index (χ1v) is 11.6. The molecule has 2 aromatic carbocycles. The number of rotatable bonds is 8. The molecule has 1 heterocycles. The molecule has 1 aliphatic heterocycles. The van der Waals surface area contributed by atoms with Gasteiger partial charge in [-0.25, -0.2) is 8.78 Å². The van der Waals surface area contributed by atoms with Crippen molar-refractivity contribution in [1.29, 1.82) is 0 Å². The minimum atomic E-state index is -4.81. The number of hydrogen-bond acceptors (Lipinski definition) is 1. The molecule has 2 unspecified atom stereocenters. The second-order valence-corrected chi connectivity index (χ2v) is 8.62. The summed E-state index contributed by atoms with van der Waals surface area (Å²) in [5.41, 5.74) is 1.05. The monoisotopic (exact) mass is 464 g/mol. The summed E-state index contributed by atoms with van der Waals surface area (Å²) in [6.45, 7) is 2.87. The summed E-state index contributed by atoms with van der Waals surface area (Å²) in [5, 5.41) is 0. The zero-order valence-electron chi connectivity index (χ0n) is 18.8. The molecule has 0 aliphatic carbocycles. The van der Waals surface area contributed by atoms with E-state index in [1.165, 1.54) is 38.0 Å². The number of benzene rings is 2. The van der Waals surface area contributed by atoms with E-state index in [9.17, 15) is 22.0 Å². The van der Waals surface area contributed by atoms with E-state index < -0.39 is 23.4 Å². The molecule has 0 spiro atoms. The van der Waals surface area contributed by atoms with E-state index in [4.69, 9.17) is 4.74 Å². The van der Waals surface area contributed by atoms with Gasteiger partial charge in [0.25, 0.3) is 0 Å². The lowest BCUT2D eigenvalue weighted by atomic mass is 9.89. The van der Waals surface area contributed by atoms with Crippen LogP contribution in [0, 0.1) is 23.5 Å². The van der Waals surface area contributed by atoms with E-state index in [-0.39, 0.29) is 11.5 Å². The molecule has 6 heteroatoms. The molecule has 0 radical (unpaired) electrons. The molecule has 1 nitrogen and oxygen atoms in total. The van der Waals surface area contributed by atoms with Crippen LogP contribution in [0.1, 0.15) is 75.3 Å². The predicted octanol–water partition coefficient (Wildman–Crippen LogP) is 8.17. The summed E-state index contributed by atoms with van der Waals surface area (Å²) in [4.78, 5) is 0. The highest BCUT2D eigenvalue weighted by atomic mass is 19.4. The molecule has 2 aromatic rings. The molecule has 3 rings (SSSR count). The van der Waals surface area contributed by atoms with Crippen LogP contribution in [-0.2, 0) is 4.74 Å². The van der Waals surface area contributed by atoms with E-state index in [1.54, 1.807) is 12.1 Å². The number of hydrogen-bond donors (Lipinski definition) is 0. The Morgan fingerprint density at radius 3 is 2.15 bits per heavy atom. The van der Waals surface area contributed by atoms with Crippen LogP contribution < -0.4 is 0 Å². The lowest BCUT2D eigenvalue weighted by molar-refractivity contribution is -0.0696. The van der Waals surface area contributed by atoms with E-state index in [0.29, 0.717) is 18.3 Å². The Kier molecular flexibility index (Phi) is 8.91. The minimum Gasteiger partial charge on any atom is -0.378 e. The molecule has 2 atom stereocenters. The van der Waals surface area contributed by atoms with Gasteiger partial charge in [-0.3, -0.25) is 0 Å². The number of unbranched alkanes of at least 4 members (excludes halogenated alkanes) is 4. The first-order valence-electron chi connectivity index (χ1n) is 11.6. The number of halogens is 5. The fourth-order valence-electron chi connectivity index (χ4n) is 4.21. The van der Waals surface area contributed by atoms with Gasteiger partial charge in [0.2, 0.25) is 0 Å². The SMILES string of the molecule is CCCCCCCC1CCC(c2ccc(-c3cc(F)c(C#CC(F)(F)F)c(F)c3)cc2)CO1. The Hall–Kier alpha value is -2.39. The van der Waals surface area contributed by atoms with Crippen molar-refractivity contribution in [3.63, 3.8) is 0 Å². The zero-order chi connectivity index (χ0) is 23.8. The van der Waals surface area contributed by atoms with Crippen LogP contribution in [0.15, 0.2) is 36.4 Å². The number of ether oxygens (including phenoxy) is 1. The summed E-state index contributed by atoms with van der Waals surface area (Å²) >= 11 is 0. The van der Waals surface area contributed by atoms with Gasteiger partial charge in [0.05, 0.1) is 18.3 Å². The van der Waals surface area contributed by atoms with Gasteiger partial charge in [0.15, 0.2) is 0 Å². The fraction of sp³-hybridized carbons (Fsp3) is 0.481. The van der Waals surface area contributed by atoms with Crippen molar-refractivity contribution in [3.05, 3.63) is 59.2 Å². The van der Waals surface area contributed by atoms with Gasteiger partial charge < -0.3 is 4.74 Å². The highest BCUT2D eigenvalue weighted by Crippen LogP contribution is 2.32. The van der Waals surface area contributed by atoms with E-state index in [0.717, 1.165) is 42.9 Å². The van der Waals surface area contributed by atoms with Crippen LogP contribution in [-0.4, -0.2) is 18.9 Å². The van der Waals surface area contributed by atoms with Crippen molar-refractivity contribution < 1.29 is 26.7 Å². The molecule has 178 valence electrons. The van der Waals surface area contributed by atoms with Crippen molar-refractivity contribution in [2.24, 2.45) is 0 Å². The lowest BCUT2D eigenvalue weighted by Crippen LogP contribution is -2.24. The van der Waals surface area contributed by atoms with Crippen LogP contribution >= 0.6 is 0 Å². The van der Waals surface area contributed by atoms with Crippen LogP contribution in [0.3, 0.4) is 0 Å². The highest BCUT2D eigenvalue weighted by molar-refractivity contribution is 5.65. The Morgan fingerprint density at radius 1 is 0.909 bits per heavy atom. The van der Waals surface area contributed by atoms with Crippen LogP contribution in [0.2, 0.25) is 0 Å². The first-order chi connectivity index (χ1) is 15.8. The standard InChI is InChI=1S/C27H29F5O/c1-2-3-4-5-6-7-23-13-12-21(18-33-23)19-8-10-20(11-9-19)22-16-25(28)24(26(29)17-22)14-15-27(30,31)32/h8-11,16-17,21,23H,2-7,12-13,18H2,1H3. The van der Waals surface area contributed by atoms with Gasteiger partial charge in [-0.05, 0) is 48.1 Å². The molecular weight excluding hydrogens is 435 g/mol. The first kappa shape index (κ1) is 25.2. The summed E-state index contributed by atoms with van der Waals surface area (Å²) in [6, 6.07) is 9.39. The molecule has 0 bridgehead atoms. The summed E-state index contributed by atoms with van der Waals surface area (Å²) < 4.78 is 71.2. The smallest absolute Gasteiger partial charge is 0.378 e. The number of alkyl halides is 3. The third-order valence-electron chi connectivity index (χ3n) is 6.09. The molecular formula is C27H29F5O. The summed E-state index contributed by atoms with van der Waals surface area (Å²) in [7, 11) is 0. The van der Waals surface area contributed by atoms with Gasteiger partial charge in [0.1, 0.15) is 11.6 Å². The third kappa shape index (κ3) is 7.57. The molecule has 0 saturated carbocycles. The van der Waals surface area contributed by atoms with Gasteiger partial charge in [0, 0.05) is 11.8 Å². The summed E-state index contributed by atoms with van der Waals surface area (Å²) in [5.74, 6) is 0.486. The second-order valence-electron chi connectivity index (χ2n) is 8.62. The maximum Gasteiger partial charge on any atom is 0.458 e. The molecule has 0 amide bonds. The van der Waals surface area contributed by atoms with Gasteiger partial charge in [-0.1, -0.05) is 69.2 Å². The van der Waals surface area contributed by atoms with Crippen molar-refractivity contribution in [2.45, 2.75) is 76.5 Å². The molecule has 1 saturated heterocycles. The van der Waals surface area contributed by atoms with Gasteiger partial charge in [-0.2, -0.15) is 13.2 Å². The maximum absolute atomic E-state index is 14.2. The Bertz CT molecular complexity index is 938. The molecule has 0 aromatic heterocycles. The zero-order valence-corrected chi connectivity index (χ0v) is 18.8. The van der Waals surface area contributed by atoms with Crippen LogP contribution in [0.25, 0.3) is 11.1 Å². The summed E-state index contributed by atoms with van der Waals surface area (Å²) in [6.07, 6.45) is 4.97. The predicted molar refractivity (Wildman–Crippen MR) is 120 cm³/mol. The Balaban J connectivity index is 1.59. The van der Waals surface area contributed by atoms with Crippen LogP contribution in [0.4, 0.5) is 22.0 Å². The molecule has 0 N–H and O–H groups in total. The van der Waals surface area contributed by atoms with Gasteiger partial charge >= 0.3 is 6.18 Å². The molecule has 1 aliphatic rings. The quantitative estimate of drug-likeness (QED) is 0.217. The second kappa shape index (κ2) is 11.7. The van der Waals surface area contributed by atoms with Crippen molar-refractivity contribution in [1.82, 2.24) is 0 Å². The van der Waals surface area contributed by atoms with Crippen LogP contribution in [0.5, 0.6) is 0 Å². The van der Waals surface area contributed by atoms with Crippen molar-refractivity contribution in [2.75, 3.05) is 6.61 Å². The third-order valence-corrected chi connectivity index (χ3v) is 6.09. The highest BCUT2D eigenvalue weighted by Gasteiger charge is 2.24. The normalized spacial score (nSPS) is 18.6. The largest absolute Gasteiger partial charge is 0.458 e. The minimum absolute atomic E-state index is 0.247. The van der Waals surface area contributed by atoms with Crippen molar-refractivity contribution >= 4 is 0 Å².